The number of amides is 1. The van der Waals surface area contributed by atoms with Gasteiger partial charge in [-0.1, -0.05) is 6.07 Å². The van der Waals surface area contributed by atoms with E-state index < -0.39 is 0 Å². The van der Waals surface area contributed by atoms with Gasteiger partial charge in [0.1, 0.15) is 17.6 Å². The van der Waals surface area contributed by atoms with E-state index in [1.54, 1.807) is 35.5 Å². The number of hydrogen-bond acceptors (Lipinski definition) is 6. The second kappa shape index (κ2) is 7.74. The monoisotopic (exact) mass is 375 g/mol. The summed E-state index contributed by atoms with van der Waals surface area (Å²) in [6.07, 6.45) is 3.08. The molecule has 1 saturated heterocycles. The molecule has 3 aromatic rings. The first kappa shape index (κ1) is 18.1. The molecule has 142 valence electrons. The molecular formula is C21H21N5O2. The van der Waals surface area contributed by atoms with Crippen LogP contribution >= 0.6 is 0 Å². The van der Waals surface area contributed by atoms with E-state index in [-0.39, 0.29) is 12.0 Å². The van der Waals surface area contributed by atoms with Crippen LogP contribution in [0, 0.1) is 6.92 Å². The zero-order valence-corrected chi connectivity index (χ0v) is 15.6. The van der Waals surface area contributed by atoms with Crippen LogP contribution in [0.4, 0.5) is 5.82 Å². The summed E-state index contributed by atoms with van der Waals surface area (Å²) in [6.45, 7) is 3.37. The van der Waals surface area contributed by atoms with Gasteiger partial charge in [0, 0.05) is 30.2 Å². The van der Waals surface area contributed by atoms with Gasteiger partial charge in [-0.2, -0.15) is 0 Å². The maximum atomic E-state index is 12.7. The van der Waals surface area contributed by atoms with Gasteiger partial charge in [0.05, 0.1) is 18.8 Å². The molecule has 1 aliphatic rings. The molecule has 0 bridgehead atoms. The zero-order chi connectivity index (χ0) is 19.5. The Balaban J connectivity index is 1.58. The summed E-state index contributed by atoms with van der Waals surface area (Å²) in [5.74, 6) is 0.388. The van der Waals surface area contributed by atoms with Crippen LogP contribution in [-0.2, 0) is 4.74 Å². The van der Waals surface area contributed by atoms with Gasteiger partial charge in [-0.05, 0) is 48.9 Å². The van der Waals surface area contributed by atoms with Crippen LogP contribution in [0.5, 0.6) is 0 Å². The van der Waals surface area contributed by atoms with Gasteiger partial charge in [0.2, 0.25) is 0 Å². The molecule has 0 aromatic carbocycles. The molecule has 0 saturated carbocycles. The molecule has 28 heavy (non-hydrogen) atoms. The number of aromatic nitrogens is 3. The minimum atomic E-state index is -0.290. The van der Waals surface area contributed by atoms with Crippen molar-refractivity contribution in [1.29, 1.82) is 0 Å². The Morgan fingerprint density at radius 3 is 2.82 bits per heavy atom. The van der Waals surface area contributed by atoms with E-state index in [0.29, 0.717) is 31.2 Å². The first-order chi connectivity index (χ1) is 13.6. The van der Waals surface area contributed by atoms with Gasteiger partial charge in [-0.15, -0.1) is 0 Å². The highest BCUT2D eigenvalue weighted by Gasteiger charge is 2.28. The van der Waals surface area contributed by atoms with Gasteiger partial charge in [0.15, 0.2) is 0 Å². The summed E-state index contributed by atoms with van der Waals surface area (Å²) >= 11 is 0. The van der Waals surface area contributed by atoms with E-state index in [9.17, 15) is 4.79 Å². The Morgan fingerprint density at radius 1 is 1.18 bits per heavy atom. The highest BCUT2D eigenvalue weighted by molar-refractivity contribution is 5.92. The van der Waals surface area contributed by atoms with Crippen LogP contribution in [0.1, 0.15) is 28.0 Å². The third-order valence-electron chi connectivity index (χ3n) is 4.66. The third-order valence-corrected chi connectivity index (χ3v) is 4.66. The molecule has 0 unspecified atom stereocenters. The lowest BCUT2D eigenvalue weighted by molar-refractivity contribution is -0.0249. The number of nitrogens with zero attached hydrogens (tertiary/aromatic N) is 4. The summed E-state index contributed by atoms with van der Waals surface area (Å²) < 4.78 is 5.93. The van der Waals surface area contributed by atoms with Crippen LogP contribution in [0.15, 0.2) is 54.9 Å². The van der Waals surface area contributed by atoms with Crippen LogP contribution in [-0.4, -0.2) is 45.5 Å². The van der Waals surface area contributed by atoms with E-state index in [4.69, 9.17) is 10.5 Å². The van der Waals surface area contributed by atoms with Gasteiger partial charge in [-0.25, -0.2) is 4.98 Å². The summed E-state index contributed by atoms with van der Waals surface area (Å²) in [4.78, 5) is 27.5. The van der Waals surface area contributed by atoms with E-state index in [2.05, 4.69) is 15.0 Å². The molecule has 1 aliphatic heterocycles. The quantitative estimate of drug-likeness (QED) is 0.756. The molecule has 1 amide bonds. The second-order valence-corrected chi connectivity index (χ2v) is 6.72. The lowest BCUT2D eigenvalue weighted by Crippen LogP contribution is -2.42. The SMILES string of the molecule is Cc1cc(-c2ccc(N)nc2)cc([C@H]2CN(C(=O)c3ccccn3)CCO2)n1. The summed E-state index contributed by atoms with van der Waals surface area (Å²) in [6, 6.07) is 13.0. The fourth-order valence-corrected chi connectivity index (χ4v) is 3.27. The number of hydrogen-bond donors (Lipinski definition) is 1. The first-order valence-corrected chi connectivity index (χ1v) is 9.12. The predicted octanol–water partition coefficient (Wildman–Crippen LogP) is 2.64. The molecule has 0 aliphatic carbocycles. The topological polar surface area (TPSA) is 94.2 Å². The molecule has 3 aromatic heterocycles. The molecule has 1 atom stereocenters. The van der Waals surface area contributed by atoms with Crippen molar-refractivity contribution in [3.8, 4) is 11.1 Å². The normalized spacial score (nSPS) is 16.8. The van der Waals surface area contributed by atoms with Crippen LogP contribution in [0.3, 0.4) is 0 Å². The lowest BCUT2D eigenvalue weighted by atomic mass is 10.0. The van der Waals surface area contributed by atoms with Crippen molar-refractivity contribution in [3.05, 3.63) is 71.9 Å². The smallest absolute Gasteiger partial charge is 0.272 e. The Bertz CT molecular complexity index is 976. The average molecular weight is 375 g/mol. The van der Waals surface area contributed by atoms with E-state index in [0.717, 1.165) is 22.5 Å². The second-order valence-electron chi connectivity index (χ2n) is 6.72. The molecule has 4 heterocycles. The largest absolute Gasteiger partial charge is 0.384 e. The van der Waals surface area contributed by atoms with Crippen LogP contribution in [0.2, 0.25) is 0 Å². The number of carbonyl (C=O) groups excluding carboxylic acids is 1. The summed E-state index contributed by atoms with van der Waals surface area (Å²) in [5.41, 5.74) is 9.75. The number of carbonyl (C=O) groups is 1. The highest BCUT2D eigenvalue weighted by Crippen LogP contribution is 2.27. The number of morpholine rings is 1. The number of nitrogens with two attached hydrogens (primary N) is 1. The Hall–Kier alpha value is -3.32. The Morgan fingerprint density at radius 2 is 2.07 bits per heavy atom. The molecule has 7 nitrogen and oxygen atoms in total. The van der Waals surface area contributed by atoms with Crippen molar-refractivity contribution >= 4 is 11.7 Å². The van der Waals surface area contributed by atoms with Crippen molar-refractivity contribution in [2.75, 3.05) is 25.4 Å². The van der Waals surface area contributed by atoms with Gasteiger partial charge >= 0.3 is 0 Å². The van der Waals surface area contributed by atoms with Crippen LogP contribution in [0.25, 0.3) is 11.1 Å². The third kappa shape index (κ3) is 3.84. The molecule has 0 spiro atoms. The fraction of sp³-hybridized carbons (Fsp3) is 0.238. The molecule has 1 fully saturated rings. The van der Waals surface area contributed by atoms with E-state index in [1.807, 2.05) is 31.2 Å². The van der Waals surface area contributed by atoms with Crippen molar-refractivity contribution < 1.29 is 9.53 Å². The van der Waals surface area contributed by atoms with Crippen molar-refractivity contribution in [1.82, 2.24) is 19.9 Å². The number of pyridine rings is 3. The highest BCUT2D eigenvalue weighted by atomic mass is 16.5. The van der Waals surface area contributed by atoms with E-state index >= 15 is 0 Å². The summed E-state index contributed by atoms with van der Waals surface area (Å²) in [7, 11) is 0. The number of anilines is 1. The van der Waals surface area contributed by atoms with Gasteiger partial charge in [-0.3, -0.25) is 14.8 Å². The number of nitrogen functional groups attached to an aromatic ring is 1. The molecule has 4 rings (SSSR count). The fourth-order valence-electron chi connectivity index (χ4n) is 3.27. The average Bonchev–Trinajstić information content (AvgIpc) is 2.74. The Labute approximate surface area is 163 Å². The molecule has 2 N–H and O–H groups in total. The summed E-state index contributed by atoms with van der Waals surface area (Å²) in [5, 5.41) is 0. The predicted molar refractivity (Wildman–Crippen MR) is 105 cm³/mol. The van der Waals surface area contributed by atoms with Gasteiger partial charge < -0.3 is 15.4 Å². The first-order valence-electron chi connectivity index (χ1n) is 9.12. The maximum Gasteiger partial charge on any atom is 0.272 e. The molecule has 0 radical (unpaired) electrons. The minimum absolute atomic E-state index is 0.0930. The van der Waals surface area contributed by atoms with Crippen molar-refractivity contribution in [2.45, 2.75) is 13.0 Å². The maximum absolute atomic E-state index is 12.7. The van der Waals surface area contributed by atoms with Gasteiger partial charge in [0.25, 0.3) is 5.91 Å². The van der Waals surface area contributed by atoms with Crippen LogP contribution < -0.4 is 5.73 Å². The molecular weight excluding hydrogens is 354 g/mol. The van der Waals surface area contributed by atoms with Crippen molar-refractivity contribution in [3.63, 3.8) is 0 Å². The van der Waals surface area contributed by atoms with E-state index in [1.165, 1.54) is 0 Å². The lowest BCUT2D eigenvalue weighted by Gasteiger charge is -2.32. The minimum Gasteiger partial charge on any atom is -0.384 e. The zero-order valence-electron chi connectivity index (χ0n) is 15.6. The van der Waals surface area contributed by atoms with Crippen molar-refractivity contribution in [2.24, 2.45) is 0 Å². The number of rotatable bonds is 3. The standard InChI is InChI=1S/C21H21N5O2/c1-14-10-16(15-5-6-20(22)24-12-15)11-18(25-14)19-13-26(8-9-28-19)21(27)17-4-2-3-7-23-17/h2-7,10-12,19H,8-9,13H2,1H3,(H2,22,24)/t19-/m1/s1. The number of aryl methyl sites for hydroxylation is 1. The number of ether oxygens (including phenoxy) is 1. The molecule has 7 heteroatoms. The Kier molecular flexibility index (Phi) is 4.99.